The predicted octanol–water partition coefficient (Wildman–Crippen LogP) is 1.72. The third-order valence-electron chi connectivity index (χ3n) is 4.83. The van der Waals surface area contributed by atoms with Crippen LogP contribution in [0.25, 0.3) is 0 Å². The van der Waals surface area contributed by atoms with E-state index in [9.17, 15) is 9.59 Å². The van der Waals surface area contributed by atoms with Crippen molar-refractivity contribution in [3.63, 3.8) is 0 Å². The lowest BCUT2D eigenvalue weighted by atomic mass is 9.91. The number of hydrogen-bond donors (Lipinski definition) is 2. The number of carbonyl (C=O) groups excluding carboxylic acids is 2. The molecule has 2 heterocycles. The zero-order chi connectivity index (χ0) is 16.4. The summed E-state index contributed by atoms with van der Waals surface area (Å²) in [5.41, 5.74) is 2.04. The van der Waals surface area contributed by atoms with Crippen molar-refractivity contribution in [2.45, 2.75) is 31.8 Å². The van der Waals surface area contributed by atoms with Gasteiger partial charge in [-0.05, 0) is 56.1 Å². The summed E-state index contributed by atoms with van der Waals surface area (Å²) in [5, 5.41) is 6.23. The molecule has 0 spiro atoms. The van der Waals surface area contributed by atoms with Gasteiger partial charge < -0.3 is 20.3 Å². The number of fused-ring (bicyclic) bond motifs is 1. The van der Waals surface area contributed by atoms with E-state index in [-0.39, 0.29) is 24.2 Å². The lowest BCUT2D eigenvalue weighted by Gasteiger charge is -2.34. The molecule has 3 rings (SSSR count). The van der Waals surface area contributed by atoms with Gasteiger partial charge in [-0.3, -0.25) is 9.59 Å². The van der Waals surface area contributed by atoms with Crippen molar-refractivity contribution in [2.24, 2.45) is 0 Å². The zero-order valence-electron chi connectivity index (χ0n) is 14.1. The normalized spacial score (nSPS) is 18.5. The molecule has 0 aliphatic carbocycles. The summed E-state index contributed by atoms with van der Waals surface area (Å²) in [6.45, 7) is 3.83. The summed E-state index contributed by atoms with van der Waals surface area (Å²) in [4.78, 5) is 26.0. The lowest BCUT2D eigenvalue weighted by molar-refractivity contribution is -0.140. The smallest absolute Gasteiger partial charge is 0.256 e. The highest BCUT2D eigenvalue weighted by molar-refractivity contribution is 5.98. The third kappa shape index (κ3) is 3.41. The van der Waals surface area contributed by atoms with Gasteiger partial charge in [0.05, 0.1) is 0 Å². The van der Waals surface area contributed by atoms with Gasteiger partial charge in [0.2, 0.25) is 5.91 Å². The minimum absolute atomic E-state index is 0. The molecule has 0 bridgehead atoms. The Morgan fingerprint density at radius 3 is 2.62 bits per heavy atom. The Hall–Kier alpha value is -1.63. The van der Waals surface area contributed by atoms with E-state index in [1.807, 2.05) is 18.2 Å². The Labute approximate surface area is 148 Å². The molecule has 2 aliphatic heterocycles. The van der Waals surface area contributed by atoms with Crippen LogP contribution in [-0.2, 0) is 20.7 Å². The Morgan fingerprint density at radius 1 is 1.29 bits per heavy atom. The SMILES string of the molecule is COC1(C(=O)Nc2ccc3c(c2)CCN3C(C)=O)CCNCC1.Cl. The molecule has 1 fully saturated rings. The van der Waals surface area contributed by atoms with Crippen molar-refractivity contribution in [2.75, 3.05) is 37.0 Å². The summed E-state index contributed by atoms with van der Waals surface area (Å²) < 4.78 is 5.55. The molecular formula is C17H24ClN3O3. The highest BCUT2D eigenvalue weighted by Crippen LogP contribution is 2.31. The Morgan fingerprint density at radius 2 is 2.00 bits per heavy atom. The molecule has 0 atom stereocenters. The average Bonchev–Trinajstić information content (AvgIpc) is 2.98. The minimum atomic E-state index is -0.754. The van der Waals surface area contributed by atoms with Crippen molar-refractivity contribution in [1.82, 2.24) is 5.32 Å². The van der Waals surface area contributed by atoms with E-state index in [2.05, 4.69) is 10.6 Å². The molecule has 2 N–H and O–H groups in total. The summed E-state index contributed by atoms with van der Waals surface area (Å²) in [5.74, 6) is -0.0450. The number of anilines is 2. The van der Waals surface area contributed by atoms with E-state index >= 15 is 0 Å². The van der Waals surface area contributed by atoms with Gasteiger partial charge >= 0.3 is 0 Å². The van der Waals surface area contributed by atoms with E-state index in [0.717, 1.165) is 36.4 Å². The number of nitrogens with zero attached hydrogens (tertiary/aromatic N) is 1. The Balaban J connectivity index is 0.00000208. The summed E-state index contributed by atoms with van der Waals surface area (Å²) in [6.07, 6.45) is 2.15. The van der Waals surface area contributed by atoms with Crippen LogP contribution in [0.3, 0.4) is 0 Å². The number of amides is 2. The first-order valence-electron chi connectivity index (χ1n) is 8.04. The predicted molar refractivity (Wildman–Crippen MR) is 95.9 cm³/mol. The van der Waals surface area contributed by atoms with Gasteiger partial charge in [0.15, 0.2) is 0 Å². The number of rotatable bonds is 3. The number of halogens is 1. The molecule has 132 valence electrons. The van der Waals surface area contributed by atoms with Gasteiger partial charge in [-0.1, -0.05) is 0 Å². The quantitative estimate of drug-likeness (QED) is 0.868. The number of piperidine rings is 1. The van der Waals surface area contributed by atoms with E-state index < -0.39 is 5.60 Å². The second kappa shape index (κ2) is 7.51. The highest BCUT2D eigenvalue weighted by atomic mass is 35.5. The number of methoxy groups -OCH3 is 1. The van der Waals surface area contributed by atoms with Gasteiger partial charge in [0.1, 0.15) is 5.60 Å². The first-order valence-corrected chi connectivity index (χ1v) is 8.04. The van der Waals surface area contributed by atoms with Crippen molar-refractivity contribution in [1.29, 1.82) is 0 Å². The Kier molecular flexibility index (Phi) is 5.85. The molecule has 1 aromatic rings. The number of nitrogens with one attached hydrogen (secondary N) is 2. The molecule has 0 saturated carbocycles. The van der Waals surface area contributed by atoms with Crippen molar-refractivity contribution in [3.05, 3.63) is 23.8 Å². The van der Waals surface area contributed by atoms with Crippen molar-refractivity contribution in [3.8, 4) is 0 Å². The summed E-state index contributed by atoms with van der Waals surface area (Å²) in [7, 11) is 1.60. The first-order chi connectivity index (χ1) is 11.1. The maximum atomic E-state index is 12.7. The van der Waals surface area contributed by atoms with Crippen LogP contribution < -0.4 is 15.5 Å². The summed E-state index contributed by atoms with van der Waals surface area (Å²) >= 11 is 0. The number of hydrogen-bond acceptors (Lipinski definition) is 4. The molecule has 24 heavy (non-hydrogen) atoms. The average molecular weight is 354 g/mol. The molecule has 6 nitrogen and oxygen atoms in total. The van der Waals surface area contributed by atoms with Gasteiger partial charge in [0, 0.05) is 32.0 Å². The topological polar surface area (TPSA) is 70.7 Å². The number of ether oxygens (including phenoxy) is 1. The number of carbonyl (C=O) groups is 2. The van der Waals surface area contributed by atoms with Crippen LogP contribution in [0.15, 0.2) is 18.2 Å². The zero-order valence-corrected chi connectivity index (χ0v) is 14.9. The van der Waals surface area contributed by atoms with Crippen LogP contribution in [0.1, 0.15) is 25.3 Å². The van der Waals surface area contributed by atoms with E-state index in [1.54, 1.807) is 18.9 Å². The van der Waals surface area contributed by atoms with Crippen LogP contribution in [0.5, 0.6) is 0 Å². The molecule has 7 heteroatoms. The van der Waals surface area contributed by atoms with Crippen LogP contribution in [0, 0.1) is 0 Å². The van der Waals surface area contributed by atoms with Crippen LogP contribution in [0.2, 0.25) is 0 Å². The maximum absolute atomic E-state index is 12.7. The largest absolute Gasteiger partial charge is 0.368 e. The van der Waals surface area contributed by atoms with Gasteiger partial charge in [-0.2, -0.15) is 0 Å². The maximum Gasteiger partial charge on any atom is 0.256 e. The second-order valence-corrected chi connectivity index (χ2v) is 6.17. The molecular weight excluding hydrogens is 330 g/mol. The monoisotopic (exact) mass is 353 g/mol. The fourth-order valence-electron chi connectivity index (χ4n) is 3.41. The third-order valence-corrected chi connectivity index (χ3v) is 4.83. The van der Waals surface area contributed by atoms with Crippen LogP contribution >= 0.6 is 12.4 Å². The first kappa shape index (κ1) is 18.7. The molecule has 0 radical (unpaired) electrons. The minimum Gasteiger partial charge on any atom is -0.368 e. The van der Waals surface area contributed by atoms with Crippen molar-refractivity contribution >= 4 is 35.6 Å². The van der Waals surface area contributed by atoms with E-state index in [4.69, 9.17) is 4.74 Å². The molecule has 1 saturated heterocycles. The number of benzene rings is 1. The second-order valence-electron chi connectivity index (χ2n) is 6.17. The molecule has 0 aromatic heterocycles. The molecule has 2 amide bonds. The van der Waals surface area contributed by atoms with Gasteiger partial charge in [-0.15, -0.1) is 12.4 Å². The fraction of sp³-hybridized carbons (Fsp3) is 0.529. The summed E-state index contributed by atoms with van der Waals surface area (Å²) in [6, 6.07) is 5.71. The van der Waals surface area contributed by atoms with Gasteiger partial charge in [0.25, 0.3) is 5.91 Å². The molecule has 2 aliphatic rings. The van der Waals surface area contributed by atoms with Crippen LogP contribution in [0.4, 0.5) is 11.4 Å². The Bertz CT molecular complexity index is 630. The van der Waals surface area contributed by atoms with Crippen molar-refractivity contribution < 1.29 is 14.3 Å². The highest BCUT2D eigenvalue weighted by Gasteiger charge is 2.39. The lowest BCUT2D eigenvalue weighted by Crippen LogP contribution is -2.51. The molecule has 0 unspecified atom stereocenters. The van der Waals surface area contributed by atoms with Crippen LogP contribution in [-0.4, -0.2) is 44.2 Å². The molecule has 1 aromatic carbocycles. The van der Waals surface area contributed by atoms with E-state index in [1.165, 1.54) is 0 Å². The van der Waals surface area contributed by atoms with Gasteiger partial charge in [-0.25, -0.2) is 0 Å². The standard InChI is InChI=1S/C17H23N3O3.ClH/c1-12(21)20-10-5-13-11-14(3-4-15(13)20)19-16(22)17(23-2)6-8-18-9-7-17;/h3-4,11,18H,5-10H2,1-2H3,(H,19,22);1H. The van der Waals surface area contributed by atoms with E-state index in [0.29, 0.717) is 19.4 Å². The fourth-order valence-corrected chi connectivity index (χ4v) is 3.41.